The number of carbonyl (C=O) groups excluding carboxylic acids is 2. The van der Waals surface area contributed by atoms with E-state index in [2.05, 4.69) is 28.7 Å². The lowest BCUT2D eigenvalue weighted by molar-refractivity contribution is -0.142. The number of benzene rings is 1. The van der Waals surface area contributed by atoms with Crippen molar-refractivity contribution >= 4 is 40.3 Å². The molecule has 1 N–H and O–H groups in total. The predicted octanol–water partition coefficient (Wildman–Crippen LogP) is 4.89. The minimum atomic E-state index is -3.64. The molecule has 41 heavy (non-hydrogen) atoms. The summed E-state index contributed by atoms with van der Waals surface area (Å²) in [7, 11) is 0. The van der Waals surface area contributed by atoms with Gasteiger partial charge in [-0.1, -0.05) is 19.9 Å². The highest BCUT2D eigenvalue weighted by atomic mass is 32.2. The van der Waals surface area contributed by atoms with E-state index in [0.29, 0.717) is 59.3 Å². The summed E-state index contributed by atoms with van der Waals surface area (Å²) in [5.41, 5.74) is 2.24. The molecule has 2 fully saturated rings. The van der Waals surface area contributed by atoms with Gasteiger partial charge in [0.2, 0.25) is 11.8 Å². The number of hydrogen-bond acceptors (Lipinski definition) is 7. The zero-order valence-electron chi connectivity index (χ0n) is 23.2. The largest absolute Gasteiger partial charge is 0.473 e. The average Bonchev–Trinajstić information content (AvgIpc) is 3.48. The fourth-order valence-corrected chi connectivity index (χ4v) is 6.00. The second kappa shape index (κ2) is 10.9. The third kappa shape index (κ3) is 5.39. The molecule has 2 aromatic heterocycles. The molecule has 0 unspecified atom stereocenters. The lowest BCUT2D eigenvalue weighted by Crippen LogP contribution is -2.36. The van der Waals surface area contributed by atoms with Gasteiger partial charge in [-0.15, -0.1) is 0 Å². The minimum Gasteiger partial charge on any atom is -0.473 e. The van der Waals surface area contributed by atoms with Crippen molar-refractivity contribution in [3.05, 3.63) is 36.2 Å². The third-order valence-corrected chi connectivity index (χ3v) is 8.84. The maximum Gasteiger partial charge on any atom is 0.352 e. The fourth-order valence-electron chi connectivity index (χ4n) is 5.32. The Hall–Kier alpha value is -3.25. The summed E-state index contributed by atoms with van der Waals surface area (Å²) in [4.78, 5) is 34.9. The number of fused-ring (bicyclic) bond motifs is 2. The van der Waals surface area contributed by atoms with Crippen molar-refractivity contribution in [1.82, 2.24) is 19.9 Å². The van der Waals surface area contributed by atoms with E-state index in [1.165, 1.54) is 6.07 Å². The molecule has 0 spiro atoms. The van der Waals surface area contributed by atoms with Crippen molar-refractivity contribution < 1.29 is 27.8 Å². The van der Waals surface area contributed by atoms with Crippen molar-refractivity contribution in [2.24, 2.45) is 5.92 Å². The number of nitrogens with zero attached hydrogens (tertiary/aromatic N) is 4. The highest BCUT2D eigenvalue weighted by Gasteiger charge is 2.53. The summed E-state index contributed by atoms with van der Waals surface area (Å²) in [5, 5.41) is 3.27. The van der Waals surface area contributed by atoms with Gasteiger partial charge in [0.05, 0.1) is 35.4 Å². The zero-order valence-corrected chi connectivity index (χ0v) is 24.0. The second-order valence-corrected chi connectivity index (χ2v) is 12.8. The highest BCUT2D eigenvalue weighted by Crippen LogP contribution is 2.46. The van der Waals surface area contributed by atoms with Crippen molar-refractivity contribution in [2.75, 3.05) is 30.5 Å². The molecule has 2 amide bonds. The summed E-state index contributed by atoms with van der Waals surface area (Å²) < 4.78 is 44.0. The van der Waals surface area contributed by atoms with E-state index < -0.39 is 11.8 Å². The summed E-state index contributed by atoms with van der Waals surface area (Å²) in [6, 6.07) is 6.53. The van der Waals surface area contributed by atoms with Crippen LogP contribution in [0.5, 0.6) is 5.88 Å². The number of thioether (sulfide) groups is 1. The van der Waals surface area contributed by atoms with Crippen LogP contribution >= 0.6 is 11.8 Å². The number of amides is 2. The lowest BCUT2D eigenvalue weighted by Gasteiger charge is -2.21. The Morgan fingerprint density at radius 2 is 2.00 bits per heavy atom. The van der Waals surface area contributed by atoms with Crippen molar-refractivity contribution in [1.29, 1.82) is 0 Å². The summed E-state index contributed by atoms with van der Waals surface area (Å²) >= 11 is 1.70. The molecule has 218 valence electrons. The van der Waals surface area contributed by atoms with Crippen LogP contribution < -0.4 is 15.0 Å². The average molecular weight is 586 g/mol. The number of ether oxygens (including phenoxy) is 2. The number of rotatable bonds is 11. The van der Waals surface area contributed by atoms with E-state index in [1.54, 1.807) is 30.2 Å². The molecule has 1 saturated carbocycles. The van der Waals surface area contributed by atoms with Gasteiger partial charge in [-0.25, -0.2) is 9.97 Å². The van der Waals surface area contributed by atoms with Crippen molar-refractivity contribution in [3.8, 4) is 17.1 Å². The van der Waals surface area contributed by atoms with Crippen LogP contribution in [0.1, 0.15) is 51.6 Å². The molecule has 0 radical (unpaired) electrons. The maximum absolute atomic E-state index is 14.9. The number of anilines is 1. The van der Waals surface area contributed by atoms with Gasteiger partial charge in [0.25, 0.3) is 0 Å². The van der Waals surface area contributed by atoms with Gasteiger partial charge in [-0.05, 0) is 43.2 Å². The Bertz CT molecular complexity index is 1490. The van der Waals surface area contributed by atoms with Crippen LogP contribution in [0.4, 0.5) is 14.5 Å². The monoisotopic (exact) mass is 585 g/mol. The Balaban J connectivity index is 1.33. The summed E-state index contributed by atoms with van der Waals surface area (Å²) in [6.45, 7) is 6.67. The first-order chi connectivity index (χ1) is 19.6. The molecule has 2 atom stereocenters. The van der Waals surface area contributed by atoms with E-state index in [1.807, 2.05) is 13.0 Å². The standard InChI is InChI=1S/C29H33F2N5O4S/c1-16(2)41-9-8-39-15-36-24-10-18(4-7-21(24)29(30,31)28(36)38)22-12-23-26(35(14-33-23)20-5-6-20)27(34-22)40-17(3)19-11-25(37)32-13-19/h4,7,10,12,14,16-17,19-20H,5-6,8-9,11,13,15H2,1-3H3,(H,32,37)/t17-,19-/m1/s1. The summed E-state index contributed by atoms with van der Waals surface area (Å²) in [5.74, 6) is -3.85. The van der Waals surface area contributed by atoms with Gasteiger partial charge in [-0.3, -0.25) is 14.5 Å². The van der Waals surface area contributed by atoms with Crippen LogP contribution in [0, 0.1) is 5.92 Å². The molecule has 12 heteroatoms. The summed E-state index contributed by atoms with van der Waals surface area (Å²) in [6.07, 6.45) is 3.96. The number of imidazole rings is 1. The van der Waals surface area contributed by atoms with E-state index in [0.717, 1.165) is 23.3 Å². The quantitative estimate of drug-likeness (QED) is 0.320. The molecule has 1 aromatic carbocycles. The minimum absolute atomic E-state index is 0.000960. The molecule has 3 aliphatic rings. The van der Waals surface area contributed by atoms with Crippen LogP contribution in [0.2, 0.25) is 0 Å². The van der Waals surface area contributed by atoms with E-state index in [-0.39, 0.29) is 35.9 Å². The lowest BCUT2D eigenvalue weighted by atomic mass is 10.0. The Kier molecular flexibility index (Phi) is 7.39. The molecular formula is C29H33F2N5O4S. The van der Waals surface area contributed by atoms with Crippen LogP contribution in [0.3, 0.4) is 0 Å². The molecule has 2 aliphatic heterocycles. The second-order valence-electron chi connectivity index (χ2n) is 11.2. The predicted molar refractivity (Wildman–Crippen MR) is 152 cm³/mol. The number of hydrogen-bond donors (Lipinski definition) is 1. The molecule has 3 aromatic rings. The van der Waals surface area contributed by atoms with Gasteiger partial charge in [0.15, 0.2) is 0 Å². The van der Waals surface area contributed by atoms with E-state index in [9.17, 15) is 18.4 Å². The van der Waals surface area contributed by atoms with Crippen molar-refractivity contribution in [3.63, 3.8) is 0 Å². The SMILES string of the molecule is CC(C)SCCOCN1C(=O)C(F)(F)c2ccc(-c3cc4ncn(C5CC5)c4c(O[C@H](C)[C@H]4CNC(=O)C4)n3)cc21. The number of aromatic nitrogens is 3. The number of alkyl halides is 2. The Morgan fingerprint density at radius 3 is 2.71 bits per heavy atom. The maximum atomic E-state index is 14.9. The fraction of sp³-hybridized carbons (Fsp3) is 0.517. The third-order valence-electron chi connectivity index (χ3n) is 7.77. The number of pyridine rings is 1. The van der Waals surface area contributed by atoms with E-state index in [4.69, 9.17) is 14.5 Å². The smallest absolute Gasteiger partial charge is 0.352 e. The van der Waals surface area contributed by atoms with Crippen LogP contribution in [-0.4, -0.2) is 63.3 Å². The van der Waals surface area contributed by atoms with Gasteiger partial charge in [0, 0.05) is 36.2 Å². The molecule has 0 bridgehead atoms. The molecular weight excluding hydrogens is 552 g/mol. The molecule has 6 rings (SSSR count). The van der Waals surface area contributed by atoms with Crippen LogP contribution in [-0.2, 0) is 20.2 Å². The van der Waals surface area contributed by atoms with Gasteiger partial charge in [-0.2, -0.15) is 20.5 Å². The van der Waals surface area contributed by atoms with E-state index >= 15 is 0 Å². The number of carbonyl (C=O) groups is 2. The van der Waals surface area contributed by atoms with Gasteiger partial charge in [0.1, 0.15) is 18.4 Å². The molecule has 1 saturated heterocycles. The van der Waals surface area contributed by atoms with Crippen molar-refractivity contribution in [2.45, 2.75) is 63.4 Å². The van der Waals surface area contributed by atoms with Gasteiger partial charge < -0.3 is 19.4 Å². The van der Waals surface area contributed by atoms with Crippen LogP contribution in [0.25, 0.3) is 22.3 Å². The van der Waals surface area contributed by atoms with Gasteiger partial charge >= 0.3 is 11.8 Å². The first-order valence-corrected chi connectivity index (χ1v) is 15.0. The Morgan fingerprint density at radius 1 is 1.20 bits per heavy atom. The first-order valence-electron chi connectivity index (χ1n) is 14.0. The molecule has 9 nitrogen and oxygen atoms in total. The van der Waals surface area contributed by atoms with Crippen LogP contribution in [0.15, 0.2) is 30.6 Å². The Labute approximate surface area is 241 Å². The highest BCUT2D eigenvalue weighted by molar-refractivity contribution is 7.99. The zero-order chi connectivity index (χ0) is 28.9. The topological polar surface area (TPSA) is 98.6 Å². The normalized spacial score (nSPS) is 20.6. The molecule has 1 aliphatic carbocycles. The number of halogens is 2. The number of nitrogens with one attached hydrogen (secondary N) is 1. The molecule has 4 heterocycles. The first kappa shape index (κ1) is 27.9.